The van der Waals surface area contributed by atoms with E-state index in [9.17, 15) is 18.0 Å². The van der Waals surface area contributed by atoms with E-state index >= 15 is 0 Å². The van der Waals surface area contributed by atoms with Crippen LogP contribution < -0.4 is 10.6 Å². The van der Waals surface area contributed by atoms with Gasteiger partial charge in [0, 0.05) is 19.5 Å². The standard InChI is InChI=1S/C17H18F3N5O/c1-4-13(12-8-21-9-22-12)25-14-7-10(17(18,19)20)5-6-11(14)15(24(2)3)23-16(25)26/h5-9,13H,4H2,1-3H3,(H,21,22). The van der Waals surface area contributed by atoms with Crippen molar-refractivity contribution < 1.29 is 13.2 Å². The fourth-order valence-electron chi connectivity index (χ4n) is 3.04. The van der Waals surface area contributed by atoms with Gasteiger partial charge in [-0.25, -0.2) is 9.78 Å². The van der Waals surface area contributed by atoms with Gasteiger partial charge in [-0.1, -0.05) is 6.92 Å². The lowest BCUT2D eigenvalue weighted by Crippen LogP contribution is -2.30. The number of imidazole rings is 1. The van der Waals surface area contributed by atoms with Gasteiger partial charge in [0.15, 0.2) is 0 Å². The summed E-state index contributed by atoms with van der Waals surface area (Å²) in [7, 11) is 3.38. The van der Waals surface area contributed by atoms with E-state index in [0.717, 1.165) is 12.1 Å². The van der Waals surface area contributed by atoms with Crippen LogP contribution in [-0.4, -0.2) is 33.6 Å². The molecule has 2 aromatic heterocycles. The average molecular weight is 365 g/mol. The minimum atomic E-state index is -4.51. The third kappa shape index (κ3) is 3.04. The second kappa shape index (κ2) is 6.47. The first-order chi connectivity index (χ1) is 12.2. The number of nitrogens with one attached hydrogen (secondary N) is 1. The molecular formula is C17H18F3N5O. The van der Waals surface area contributed by atoms with Gasteiger partial charge in [0.25, 0.3) is 0 Å². The van der Waals surface area contributed by atoms with Crippen molar-refractivity contribution in [2.24, 2.45) is 0 Å². The fraction of sp³-hybridized carbons (Fsp3) is 0.353. The topological polar surface area (TPSA) is 66.8 Å². The number of hydrogen-bond donors (Lipinski definition) is 1. The minimum Gasteiger partial charge on any atom is -0.362 e. The first-order valence-corrected chi connectivity index (χ1v) is 8.03. The summed E-state index contributed by atoms with van der Waals surface area (Å²) in [5, 5.41) is 0.473. The maximum Gasteiger partial charge on any atom is 0.416 e. The van der Waals surface area contributed by atoms with E-state index in [4.69, 9.17) is 0 Å². The number of halogens is 3. The normalized spacial score (nSPS) is 13.2. The summed E-state index contributed by atoms with van der Waals surface area (Å²) >= 11 is 0. The molecule has 26 heavy (non-hydrogen) atoms. The molecule has 6 nitrogen and oxygen atoms in total. The SMILES string of the molecule is CCC(c1cnc[nH]1)n1c(=O)nc(N(C)C)c2ccc(C(F)(F)F)cc21. The number of rotatable bonds is 4. The first kappa shape index (κ1) is 18.0. The maximum absolute atomic E-state index is 13.2. The van der Waals surface area contributed by atoms with Crippen LogP contribution in [-0.2, 0) is 6.18 Å². The highest BCUT2D eigenvalue weighted by Gasteiger charge is 2.32. The summed E-state index contributed by atoms with van der Waals surface area (Å²) in [6, 6.07) is 2.86. The Morgan fingerprint density at radius 3 is 2.58 bits per heavy atom. The van der Waals surface area contributed by atoms with E-state index in [-0.39, 0.29) is 5.52 Å². The molecule has 0 aliphatic rings. The molecular weight excluding hydrogens is 347 g/mol. The zero-order valence-corrected chi connectivity index (χ0v) is 14.5. The number of anilines is 1. The second-order valence-electron chi connectivity index (χ2n) is 6.14. The zero-order valence-electron chi connectivity index (χ0n) is 14.5. The highest BCUT2D eigenvalue weighted by Crippen LogP contribution is 2.34. The van der Waals surface area contributed by atoms with Gasteiger partial charge in [0.1, 0.15) is 5.82 Å². The molecule has 1 aromatic carbocycles. The van der Waals surface area contributed by atoms with Crippen molar-refractivity contribution in [3.05, 3.63) is 52.5 Å². The Bertz CT molecular complexity index is 976. The van der Waals surface area contributed by atoms with Crippen LogP contribution in [0.2, 0.25) is 0 Å². The summed E-state index contributed by atoms with van der Waals surface area (Å²) < 4.78 is 41.0. The predicted molar refractivity (Wildman–Crippen MR) is 92.3 cm³/mol. The molecule has 0 saturated carbocycles. The third-order valence-electron chi connectivity index (χ3n) is 4.23. The number of fused-ring (bicyclic) bond motifs is 1. The number of H-pyrrole nitrogens is 1. The van der Waals surface area contributed by atoms with Crippen LogP contribution in [0.15, 0.2) is 35.5 Å². The van der Waals surface area contributed by atoms with Crippen LogP contribution in [0.3, 0.4) is 0 Å². The second-order valence-corrected chi connectivity index (χ2v) is 6.14. The molecule has 138 valence electrons. The van der Waals surface area contributed by atoms with Crippen molar-refractivity contribution in [3.8, 4) is 0 Å². The van der Waals surface area contributed by atoms with Gasteiger partial charge >= 0.3 is 11.9 Å². The first-order valence-electron chi connectivity index (χ1n) is 8.03. The molecule has 1 unspecified atom stereocenters. The number of alkyl halides is 3. The lowest BCUT2D eigenvalue weighted by atomic mass is 10.1. The molecule has 3 rings (SSSR count). The van der Waals surface area contributed by atoms with E-state index in [1.54, 1.807) is 25.2 Å². The van der Waals surface area contributed by atoms with Crippen molar-refractivity contribution in [1.29, 1.82) is 0 Å². The molecule has 0 fully saturated rings. The van der Waals surface area contributed by atoms with Gasteiger partial charge in [-0.15, -0.1) is 0 Å². The molecule has 0 amide bonds. The van der Waals surface area contributed by atoms with Gasteiger partial charge in [-0.2, -0.15) is 18.2 Å². The lowest BCUT2D eigenvalue weighted by molar-refractivity contribution is -0.137. The van der Waals surface area contributed by atoms with Crippen molar-refractivity contribution in [2.45, 2.75) is 25.6 Å². The highest BCUT2D eigenvalue weighted by atomic mass is 19.4. The monoisotopic (exact) mass is 365 g/mol. The molecule has 0 radical (unpaired) electrons. The van der Waals surface area contributed by atoms with Crippen LogP contribution in [0.1, 0.15) is 30.6 Å². The molecule has 0 spiro atoms. The Balaban J connectivity index is 2.39. The van der Waals surface area contributed by atoms with Gasteiger partial charge in [-0.3, -0.25) is 4.57 Å². The third-order valence-corrected chi connectivity index (χ3v) is 4.23. The Morgan fingerprint density at radius 2 is 2.04 bits per heavy atom. The highest BCUT2D eigenvalue weighted by molar-refractivity contribution is 5.90. The van der Waals surface area contributed by atoms with Gasteiger partial charge < -0.3 is 9.88 Å². The Labute approximate surface area is 147 Å². The van der Waals surface area contributed by atoms with E-state index < -0.39 is 23.5 Å². The van der Waals surface area contributed by atoms with Gasteiger partial charge in [0.2, 0.25) is 0 Å². The van der Waals surface area contributed by atoms with E-state index in [2.05, 4.69) is 15.0 Å². The number of nitrogens with zero attached hydrogens (tertiary/aromatic N) is 4. The van der Waals surface area contributed by atoms with Crippen molar-refractivity contribution >= 4 is 16.7 Å². The summed E-state index contributed by atoms with van der Waals surface area (Å²) in [6.45, 7) is 1.84. The molecule has 0 aliphatic heterocycles. The number of aromatic amines is 1. The molecule has 2 heterocycles. The van der Waals surface area contributed by atoms with Crippen LogP contribution >= 0.6 is 0 Å². The van der Waals surface area contributed by atoms with Crippen molar-refractivity contribution in [1.82, 2.24) is 19.5 Å². The number of aromatic nitrogens is 4. The Kier molecular flexibility index (Phi) is 4.47. The number of benzene rings is 1. The average Bonchev–Trinajstić information content (AvgIpc) is 3.09. The molecule has 9 heteroatoms. The van der Waals surface area contributed by atoms with Crippen LogP contribution in [0, 0.1) is 0 Å². The lowest BCUT2D eigenvalue weighted by Gasteiger charge is -2.22. The van der Waals surface area contributed by atoms with E-state index in [1.165, 1.54) is 17.0 Å². The van der Waals surface area contributed by atoms with Gasteiger partial charge in [0.05, 0.1) is 35.3 Å². The van der Waals surface area contributed by atoms with Crippen LogP contribution in [0.5, 0.6) is 0 Å². The summed E-state index contributed by atoms with van der Waals surface area (Å²) in [6.07, 6.45) is -1.00. The molecule has 3 aromatic rings. The molecule has 1 N–H and O–H groups in total. The largest absolute Gasteiger partial charge is 0.416 e. The maximum atomic E-state index is 13.2. The summed E-state index contributed by atoms with van der Waals surface area (Å²) in [5.74, 6) is 0.328. The summed E-state index contributed by atoms with van der Waals surface area (Å²) in [5.41, 5.74) is -0.604. The zero-order chi connectivity index (χ0) is 19.1. The number of hydrogen-bond acceptors (Lipinski definition) is 4. The van der Waals surface area contributed by atoms with Crippen molar-refractivity contribution in [2.75, 3.05) is 19.0 Å². The summed E-state index contributed by atoms with van der Waals surface area (Å²) in [4.78, 5) is 25.3. The van der Waals surface area contributed by atoms with E-state index in [1.807, 2.05) is 6.92 Å². The smallest absolute Gasteiger partial charge is 0.362 e. The van der Waals surface area contributed by atoms with Crippen LogP contribution in [0.25, 0.3) is 10.9 Å². The minimum absolute atomic E-state index is 0.185. The fourth-order valence-corrected chi connectivity index (χ4v) is 3.04. The molecule has 0 aliphatic carbocycles. The molecule has 1 atom stereocenters. The predicted octanol–water partition coefficient (Wildman–Crippen LogP) is 3.20. The molecule has 0 bridgehead atoms. The molecule has 0 saturated heterocycles. The van der Waals surface area contributed by atoms with Crippen molar-refractivity contribution in [3.63, 3.8) is 0 Å². The Hall–Kier alpha value is -2.84. The van der Waals surface area contributed by atoms with E-state index in [0.29, 0.717) is 23.3 Å². The quantitative estimate of drug-likeness (QED) is 0.771. The van der Waals surface area contributed by atoms with Gasteiger partial charge in [-0.05, 0) is 24.6 Å². The van der Waals surface area contributed by atoms with Crippen LogP contribution in [0.4, 0.5) is 19.0 Å². The Morgan fingerprint density at radius 1 is 1.31 bits per heavy atom.